The molecule has 35 heavy (non-hydrogen) atoms. The summed E-state index contributed by atoms with van der Waals surface area (Å²) in [7, 11) is 1.33. The molecule has 2 aliphatic rings. The standard InChI is InChI=1S/C23H27F3N2O7/c1-3-4-17(31)28(11-23(24,25)26)15-9-14(22(33)27-5-6-29)18-13-7-12(10-30)8-16(34-2)20(13)35-21(18)19(15)32/h7-10,15,18-19,21,29,32H,3-6,11H2,1-2H3,(H,27,33). The lowest BCUT2D eigenvalue weighted by molar-refractivity contribution is -0.170. The predicted octanol–water partition coefficient (Wildman–Crippen LogP) is 1.32. The molecule has 1 heterocycles. The van der Waals surface area contributed by atoms with E-state index in [2.05, 4.69) is 5.32 Å². The van der Waals surface area contributed by atoms with Gasteiger partial charge in [-0.05, 0) is 24.6 Å². The highest BCUT2D eigenvalue weighted by molar-refractivity contribution is 5.96. The topological polar surface area (TPSA) is 125 Å². The number of halogens is 3. The summed E-state index contributed by atoms with van der Waals surface area (Å²) in [4.78, 5) is 37.6. The normalized spacial score (nSPS) is 22.9. The van der Waals surface area contributed by atoms with Crippen molar-refractivity contribution < 1.29 is 47.2 Å². The Morgan fingerprint density at radius 2 is 2.03 bits per heavy atom. The summed E-state index contributed by atoms with van der Waals surface area (Å²) in [5, 5.41) is 22.7. The van der Waals surface area contributed by atoms with Crippen LogP contribution in [0, 0.1) is 0 Å². The SMILES string of the molecule is CCCC(=O)N(CC(F)(F)F)C1C=C(C(=O)NCCO)C2c3cc(C=O)cc(OC)c3OC2C1O. The maximum atomic E-state index is 13.4. The summed E-state index contributed by atoms with van der Waals surface area (Å²) in [6.45, 7) is -0.509. The molecule has 4 unspecified atom stereocenters. The Bertz CT molecular complexity index is 1010. The zero-order valence-electron chi connectivity index (χ0n) is 19.2. The van der Waals surface area contributed by atoms with Crippen LogP contribution in [0.15, 0.2) is 23.8 Å². The number of carbonyl (C=O) groups excluding carboxylic acids is 3. The number of fused-ring (bicyclic) bond motifs is 3. The highest BCUT2D eigenvalue weighted by atomic mass is 19.4. The molecule has 3 N–H and O–H groups in total. The Balaban J connectivity index is 2.15. The Hall–Kier alpha value is -3.12. The van der Waals surface area contributed by atoms with Crippen LogP contribution in [-0.4, -0.2) is 84.4 Å². The fourth-order valence-corrected chi connectivity index (χ4v) is 4.47. The molecule has 0 fully saturated rings. The van der Waals surface area contributed by atoms with Gasteiger partial charge in [0.1, 0.15) is 25.0 Å². The molecule has 4 atom stereocenters. The molecule has 1 aliphatic carbocycles. The number of amides is 2. The molecule has 2 amide bonds. The average Bonchev–Trinajstić information content (AvgIpc) is 3.20. The maximum Gasteiger partial charge on any atom is 0.406 e. The van der Waals surface area contributed by atoms with Crippen molar-refractivity contribution in [1.82, 2.24) is 10.2 Å². The molecule has 12 heteroatoms. The highest BCUT2D eigenvalue weighted by Crippen LogP contribution is 2.51. The third-order valence-electron chi connectivity index (χ3n) is 5.90. The van der Waals surface area contributed by atoms with Gasteiger partial charge in [-0.2, -0.15) is 13.2 Å². The van der Waals surface area contributed by atoms with Gasteiger partial charge in [-0.1, -0.05) is 6.92 Å². The quantitative estimate of drug-likeness (QED) is 0.437. The number of methoxy groups -OCH3 is 1. The third-order valence-corrected chi connectivity index (χ3v) is 5.90. The van der Waals surface area contributed by atoms with Crippen molar-refractivity contribution in [1.29, 1.82) is 0 Å². The van der Waals surface area contributed by atoms with Crippen LogP contribution in [0.3, 0.4) is 0 Å². The third kappa shape index (κ3) is 5.43. The first-order valence-electron chi connectivity index (χ1n) is 11.0. The monoisotopic (exact) mass is 500 g/mol. The van der Waals surface area contributed by atoms with Gasteiger partial charge in [-0.15, -0.1) is 0 Å². The second kappa shape index (κ2) is 10.6. The number of aliphatic hydroxyl groups excluding tert-OH is 2. The second-order valence-electron chi connectivity index (χ2n) is 8.29. The summed E-state index contributed by atoms with van der Waals surface area (Å²) in [6, 6.07) is 1.33. The van der Waals surface area contributed by atoms with Gasteiger partial charge in [0.05, 0.1) is 25.7 Å². The molecule has 1 aromatic rings. The van der Waals surface area contributed by atoms with E-state index < -0.39 is 48.7 Å². The fourth-order valence-electron chi connectivity index (χ4n) is 4.47. The van der Waals surface area contributed by atoms with Crippen molar-refractivity contribution >= 4 is 18.1 Å². The van der Waals surface area contributed by atoms with Gasteiger partial charge in [0, 0.05) is 29.7 Å². The molecule has 3 rings (SSSR count). The number of rotatable bonds is 9. The molecule has 0 spiro atoms. The van der Waals surface area contributed by atoms with Crippen LogP contribution in [0.1, 0.15) is 41.6 Å². The van der Waals surface area contributed by atoms with E-state index in [1.807, 2.05) is 0 Å². The molecule has 1 aliphatic heterocycles. The van der Waals surface area contributed by atoms with Crippen LogP contribution in [0.2, 0.25) is 0 Å². The van der Waals surface area contributed by atoms with E-state index in [1.165, 1.54) is 19.2 Å². The highest BCUT2D eigenvalue weighted by Gasteiger charge is 2.52. The van der Waals surface area contributed by atoms with Gasteiger partial charge in [0.15, 0.2) is 11.5 Å². The molecule has 1 aromatic carbocycles. The van der Waals surface area contributed by atoms with E-state index in [0.717, 1.165) is 6.08 Å². The lowest BCUT2D eigenvalue weighted by Crippen LogP contribution is -2.57. The maximum absolute atomic E-state index is 13.4. The van der Waals surface area contributed by atoms with Gasteiger partial charge >= 0.3 is 6.18 Å². The smallest absolute Gasteiger partial charge is 0.406 e. The van der Waals surface area contributed by atoms with E-state index >= 15 is 0 Å². The van der Waals surface area contributed by atoms with Crippen LogP contribution >= 0.6 is 0 Å². The van der Waals surface area contributed by atoms with E-state index in [-0.39, 0.29) is 48.6 Å². The first kappa shape index (κ1) is 26.5. The number of nitrogens with zero attached hydrogens (tertiary/aromatic N) is 1. The van der Waals surface area contributed by atoms with Crippen molar-refractivity contribution in [2.75, 3.05) is 26.8 Å². The number of alkyl halides is 3. The molecule has 0 saturated carbocycles. The predicted molar refractivity (Wildman–Crippen MR) is 116 cm³/mol. The fraction of sp³-hybridized carbons (Fsp3) is 0.522. The van der Waals surface area contributed by atoms with Crippen LogP contribution in [-0.2, 0) is 9.59 Å². The summed E-state index contributed by atoms with van der Waals surface area (Å²) in [5.41, 5.74) is 0.481. The zero-order valence-corrected chi connectivity index (χ0v) is 19.2. The van der Waals surface area contributed by atoms with Crippen molar-refractivity contribution in [3.8, 4) is 11.5 Å². The lowest BCUT2D eigenvalue weighted by atomic mass is 9.77. The first-order chi connectivity index (χ1) is 16.6. The lowest BCUT2D eigenvalue weighted by Gasteiger charge is -2.41. The largest absolute Gasteiger partial charge is 0.493 e. The van der Waals surface area contributed by atoms with Gasteiger partial charge in [0.2, 0.25) is 11.8 Å². The summed E-state index contributed by atoms with van der Waals surface area (Å²) in [5.74, 6) is -2.23. The van der Waals surface area contributed by atoms with Crippen molar-refractivity contribution in [3.63, 3.8) is 0 Å². The minimum Gasteiger partial charge on any atom is -0.493 e. The van der Waals surface area contributed by atoms with Gasteiger partial charge in [0.25, 0.3) is 0 Å². The minimum atomic E-state index is -4.76. The van der Waals surface area contributed by atoms with Crippen LogP contribution in [0.25, 0.3) is 0 Å². The van der Waals surface area contributed by atoms with Gasteiger partial charge in [-0.3, -0.25) is 14.4 Å². The zero-order chi connectivity index (χ0) is 25.9. The van der Waals surface area contributed by atoms with Crippen LogP contribution < -0.4 is 14.8 Å². The number of carbonyl (C=O) groups is 3. The summed E-state index contributed by atoms with van der Waals surface area (Å²) >= 11 is 0. The first-order valence-corrected chi connectivity index (χ1v) is 11.0. The number of ether oxygens (including phenoxy) is 2. The van der Waals surface area contributed by atoms with E-state index in [4.69, 9.17) is 14.6 Å². The number of aliphatic hydroxyl groups is 2. The molecule has 0 bridgehead atoms. The van der Waals surface area contributed by atoms with Crippen LogP contribution in [0.4, 0.5) is 13.2 Å². The molecule has 0 saturated heterocycles. The van der Waals surface area contributed by atoms with Crippen molar-refractivity contribution in [3.05, 3.63) is 34.9 Å². The van der Waals surface area contributed by atoms with Crippen molar-refractivity contribution in [2.45, 2.75) is 50.1 Å². The molecular formula is C23H27F3N2O7. The van der Waals surface area contributed by atoms with E-state index in [1.54, 1.807) is 6.92 Å². The summed E-state index contributed by atoms with van der Waals surface area (Å²) < 4.78 is 51.4. The molecular weight excluding hydrogens is 473 g/mol. The van der Waals surface area contributed by atoms with Crippen LogP contribution in [0.5, 0.6) is 11.5 Å². The number of hydrogen-bond acceptors (Lipinski definition) is 7. The Morgan fingerprint density at radius 1 is 1.31 bits per heavy atom. The van der Waals surface area contributed by atoms with E-state index in [0.29, 0.717) is 16.7 Å². The molecule has 0 aromatic heterocycles. The molecule has 0 radical (unpaired) electrons. The molecule has 9 nitrogen and oxygen atoms in total. The molecule has 192 valence electrons. The summed E-state index contributed by atoms with van der Waals surface area (Å²) in [6.07, 6.45) is -5.84. The number of aldehydes is 1. The van der Waals surface area contributed by atoms with Gasteiger partial charge < -0.3 is 29.9 Å². The Morgan fingerprint density at radius 3 is 2.60 bits per heavy atom. The van der Waals surface area contributed by atoms with E-state index in [9.17, 15) is 32.7 Å². The van der Waals surface area contributed by atoms with Crippen molar-refractivity contribution in [2.24, 2.45) is 0 Å². The second-order valence-corrected chi connectivity index (χ2v) is 8.29. The number of benzene rings is 1. The Kier molecular flexibility index (Phi) is 8.06. The minimum absolute atomic E-state index is 0.0564. The number of nitrogens with one attached hydrogen (secondary N) is 1. The van der Waals surface area contributed by atoms with Gasteiger partial charge in [-0.25, -0.2) is 0 Å². The average molecular weight is 500 g/mol. The Labute approximate surface area is 199 Å². The number of hydrogen-bond donors (Lipinski definition) is 3.